The van der Waals surface area contributed by atoms with Crippen molar-refractivity contribution < 1.29 is 9.90 Å². The summed E-state index contributed by atoms with van der Waals surface area (Å²) in [6, 6.07) is 0. The van der Waals surface area contributed by atoms with Gasteiger partial charge in [0.2, 0.25) is 0 Å². The molecule has 3 atom stereocenters. The van der Waals surface area contributed by atoms with Gasteiger partial charge in [-0.2, -0.15) is 0 Å². The average Bonchev–Trinajstić information content (AvgIpc) is 1.93. The minimum atomic E-state index is -0.343. The van der Waals surface area contributed by atoms with Crippen molar-refractivity contribution in [2.24, 2.45) is 17.3 Å². The van der Waals surface area contributed by atoms with Crippen LogP contribution in [0.1, 0.15) is 33.1 Å². The number of aliphatic hydroxyl groups excluding tert-OH is 1. The first-order valence-corrected chi connectivity index (χ1v) is 4.71. The zero-order chi connectivity index (χ0) is 8.93. The van der Waals surface area contributed by atoms with E-state index in [1.165, 1.54) is 0 Å². The Morgan fingerprint density at radius 1 is 1.50 bits per heavy atom. The lowest BCUT2D eigenvalue weighted by Gasteiger charge is -2.49. The van der Waals surface area contributed by atoms with Crippen LogP contribution in [0.25, 0.3) is 0 Å². The lowest BCUT2D eigenvalue weighted by atomic mass is 9.56. The van der Waals surface area contributed by atoms with E-state index in [1.54, 1.807) is 0 Å². The zero-order valence-corrected chi connectivity index (χ0v) is 7.71. The third kappa shape index (κ3) is 1.01. The maximum Gasteiger partial charge on any atom is 0.138 e. The van der Waals surface area contributed by atoms with Crippen LogP contribution in [0.2, 0.25) is 0 Å². The highest BCUT2D eigenvalue weighted by Crippen LogP contribution is 2.50. The monoisotopic (exact) mass is 168 g/mol. The first-order chi connectivity index (χ1) is 5.50. The third-order valence-electron chi connectivity index (χ3n) is 3.70. The first kappa shape index (κ1) is 8.24. The van der Waals surface area contributed by atoms with Gasteiger partial charge >= 0.3 is 0 Å². The van der Waals surface area contributed by atoms with E-state index in [2.05, 4.69) is 13.8 Å². The van der Waals surface area contributed by atoms with Gasteiger partial charge in [-0.3, -0.25) is 4.79 Å². The number of hydrogen-bond donors (Lipinski definition) is 1. The third-order valence-corrected chi connectivity index (χ3v) is 3.70. The van der Waals surface area contributed by atoms with Gasteiger partial charge in [-0.05, 0) is 24.2 Å². The molecule has 2 heteroatoms. The van der Waals surface area contributed by atoms with Crippen LogP contribution < -0.4 is 0 Å². The summed E-state index contributed by atoms with van der Waals surface area (Å²) in [6.45, 7) is 4.42. The summed E-state index contributed by atoms with van der Waals surface area (Å²) in [7, 11) is 0. The molecule has 0 saturated heterocycles. The number of fused-ring (bicyclic) bond motifs is 3. The van der Waals surface area contributed by atoms with Crippen molar-refractivity contribution in [3.05, 3.63) is 0 Å². The SMILES string of the molecule is CC1(C)C[C@H]2C(=O)C[C@H]1C[C@H]2O. The summed E-state index contributed by atoms with van der Waals surface area (Å²) in [5, 5.41) is 9.58. The lowest BCUT2D eigenvalue weighted by molar-refractivity contribution is -0.145. The Kier molecular flexibility index (Phi) is 1.59. The van der Waals surface area contributed by atoms with E-state index in [0.717, 1.165) is 12.8 Å². The Balaban J connectivity index is 2.26. The van der Waals surface area contributed by atoms with Gasteiger partial charge in [-0.1, -0.05) is 13.8 Å². The van der Waals surface area contributed by atoms with Crippen LogP contribution in [0.15, 0.2) is 0 Å². The minimum absolute atomic E-state index is 0.0509. The van der Waals surface area contributed by atoms with E-state index in [4.69, 9.17) is 0 Å². The summed E-state index contributed by atoms with van der Waals surface area (Å²) in [4.78, 5) is 11.4. The van der Waals surface area contributed by atoms with Crippen molar-refractivity contribution in [2.75, 3.05) is 0 Å². The molecule has 2 nitrogen and oxygen atoms in total. The molecule has 0 aromatic rings. The molecule has 12 heavy (non-hydrogen) atoms. The van der Waals surface area contributed by atoms with Gasteiger partial charge in [0.15, 0.2) is 0 Å². The highest BCUT2D eigenvalue weighted by Gasteiger charge is 2.49. The molecule has 3 aliphatic carbocycles. The highest BCUT2D eigenvalue weighted by atomic mass is 16.3. The zero-order valence-electron chi connectivity index (χ0n) is 7.71. The van der Waals surface area contributed by atoms with Crippen LogP contribution in [0, 0.1) is 17.3 Å². The number of hydrogen-bond acceptors (Lipinski definition) is 2. The predicted octanol–water partition coefficient (Wildman–Crippen LogP) is 1.37. The Labute approximate surface area is 73.0 Å². The summed E-state index contributed by atoms with van der Waals surface area (Å²) in [5.74, 6) is 0.660. The number of carbonyl (C=O) groups excluding carboxylic acids is 1. The van der Waals surface area contributed by atoms with Crippen molar-refractivity contribution in [3.8, 4) is 0 Å². The molecule has 0 amide bonds. The lowest BCUT2D eigenvalue weighted by Crippen LogP contribution is -2.50. The van der Waals surface area contributed by atoms with Gasteiger partial charge in [0.25, 0.3) is 0 Å². The van der Waals surface area contributed by atoms with Crippen LogP contribution >= 0.6 is 0 Å². The van der Waals surface area contributed by atoms with Crippen LogP contribution in [0.5, 0.6) is 0 Å². The van der Waals surface area contributed by atoms with Crippen LogP contribution in [-0.4, -0.2) is 17.0 Å². The molecular formula is C10H16O2. The molecule has 0 radical (unpaired) electrons. The van der Waals surface area contributed by atoms with E-state index >= 15 is 0 Å². The standard InChI is InChI=1S/C10H16O2/c1-10(2)5-7-8(11)3-6(10)4-9(7)12/h6-8,11H,3-5H2,1-2H3/t6-,7-,8-/m1/s1. The van der Waals surface area contributed by atoms with Crippen LogP contribution in [0.4, 0.5) is 0 Å². The molecule has 0 aromatic heterocycles. The molecule has 0 aromatic carbocycles. The van der Waals surface area contributed by atoms with Gasteiger partial charge in [0, 0.05) is 12.3 Å². The predicted molar refractivity (Wildman–Crippen MR) is 45.6 cm³/mol. The van der Waals surface area contributed by atoms with E-state index in [0.29, 0.717) is 12.3 Å². The van der Waals surface area contributed by atoms with E-state index in [1.807, 2.05) is 0 Å². The molecule has 3 fully saturated rings. The van der Waals surface area contributed by atoms with Crippen molar-refractivity contribution in [1.82, 2.24) is 0 Å². The maximum absolute atomic E-state index is 11.4. The molecule has 3 saturated carbocycles. The second kappa shape index (κ2) is 2.32. The van der Waals surface area contributed by atoms with Gasteiger partial charge in [0.05, 0.1) is 6.10 Å². The topological polar surface area (TPSA) is 37.3 Å². The highest BCUT2D eigenvalue weighted by molar-refractivity contribution is 5.83. The minimum Gasteiger partial charge on any atom is -0.392 e. The number of carbonyl (C=O) groups is 1. The fourth-order valence-corrected chi connectivity index (χ4v) is 2.73. The van der Waals surface area contributed by atoms with E-state index in [9.17, 15) is 9.90 Å². The van der Waals surface area contributed by atoms with Gasteiger partial charge in [0.1, 0.15) is 5.78 Å². The molecule has 1 N–H and O–H groups in total. The van der Waals surface area contributed by atoms with Crippen molar-refractivity contribution in [2.45, 2.75) is 39.2 Å². The number of ketones is 1. The number of aliphatic hydroxyl groups is 1. The molecule has 3 aliphatic rings. The Hall–Kier alpha value is -0.370. The summed E-state index contributed by atoms with van der Waals surface area (Å²) in [6.07, 6.45) is 2.08. The largest absolute Gasteiger partial charge is 0.392 e. The average molecular weight is 168 g/mol. The number of Topliss-reactive ketones (excluding diaryl/α,β-unsaturated/α-hetero) is 1. The molecule has 68 valence electrons. The van der Waals surface area contributed by atoms with Gasteiger partial charge < -0.3 is 5.11 Å². The second-order valence-electron chi connectivity index (χ2n) is 4.97. The molecule has 2 bridgehead atoms. The van der Waals surface area contributed by atoms with E-state index < -0.39 is 0 Å². The Morgan fingerprint density at radius 2 is 2.17 bits per heavy atom. The molecule has 0 aliphatic heterocycles. The quantitative estimate of drug-likeness (QED) is 0.593. The summed E-state index contributed by atoms with van der Waals surface area (Å²) >= 11 is 0. The summed E-state index contributed by atoms with van der Waals surface area (Å²) in [5.41, 5.74) is 0.276. The molecular weight excluding hydrogens is 152 g/mol. The van der Waals surface area contributed by atoms with Crippen molar-refractivity contribution in [3.63, 3.8) is 0 Å². The van der Waals surface area contributed by atoms with Gasteiger partial charge in [-0.25, -0.2) is 0 Å². The van der Waals surface area contributed by atoms with Crippen molar-refractivity contribution in [1.29, 1.82) is 0 Å². The van der Waals surface area contributed by atoms with Gasteiger partial charge in [-0.15, -0.1) is 0 Å². The second-order valence-corrected chi connectivity index (χ2v) is 4.97. The smallest absolute Gasteiger partial charge is 0.138 e. The molecule has 0 spiro atoms. The maximum atomic E-state index is 11.4. The van der Waals surface area contributed by atoms with Crippen LogP contribution in [0.3, 0.4) is 0 Å². The Morgan fingerprint density at radius 3 is 2.58 bits per heavy atom. The van der Waals surface area contributed by atoms with Crippen LogP contribution in [-0.2, 0) is 4.79 Å². The fraction of sp³-hybridized carbons (Fsp3) is 0.900. The summed E-state index contributed by atoms with van der Waals surface area (Å²) < 4.78 is 0. The first-order valence-electron chi connectivity index (χ1n) is 4.71. The molecule has 3 rings (SSSR count). The molecule has 0 unspecified atom stereocenters. The van der Waals surface area contributed by atoms with Crippen molar-refractivity contribution >= 4 is 5.78 Å². The van der Waals surface area contributed by atoms with E-state index in [-0.39, 0.29) is 23.2 Å². The Bertz CT molecular complexity index is 220. The normalized spacial score (nSPS) is 44.9. The fourth-order valence-electron chi connectivity index (χ4n) is 2.73. The number of rotatable bonds is 0. The molecule has 0 heterocycles.